The van der Waals surface area contributed by atoms with Crippen molar-refractivity contribution < 1.29 is 4.79 Å². The molecular weight excluding hydrogens is 352 g/mol. The molecule has 1 aromatic carbocycles. The number of rotatable bonds is 4. The van der Waals surface area contributed by atoms with Crippen molar-refractivity contribution in [3.8, 4) is 0 Å². The molecule has 0 bridgehead atoms. The van der Waals surface area contributed by atoms with Gasteiger partial charge in [0.15, 0.2) is 5.65 Å². The van der Waals surface area contributed by atoms with Crippen LogP contribution in [0, 0.1) is 0 Å². The maximum atomic E-state index is 12.6. The Balaban J connectivity index is 1.60. The zero-order valence-electron chi connectivity index (χ0n) is 14.4. The second-order valence-corrected chi connectivity index (χ2v) is 6.85. The number of anilines is 1. The summed E-state index contributed by atoms with van der Waals surface area (Å²) in [6.45, 7) is 2.26. The van der Waals surface area contributed by atoms with Gasteiger partial charge in [-0.1, -0.05) is 23.7 Å². The van der Waals surface area contributed by atoms with Gasteiger partial charge in [0.05, 0.1) is 5.39 Å². The van der Waals surface area contributed by atoms with E-state index in [0.29, 0.717) is 17.2 Å². The molecule has 3 aromatic rings. The van der Waals surface area contributed by atoms with Crippen LogP contribution >= 0.6 is 11.6 Å². The summed E-state index contributed by atoms with van der Waals surface area (Å²) in [6.07, 6.45) is 4.16. The van der Waals surface area contributed by atoms with Crippen molar-refractivity contribution in [2.75, 3.05) is 18.0 Å². The fraction of sp³-hybridized carbons (Fsp3) is 0.333. The Morgan fingerprint density at radius 2 is 1.92 bits per heavy atom. The number of amides is 1. The van der Waals surface area contributed by atoms with E-state index in [1.165, 1.54) is 0 Å². The quantitative estimate of drug-likeness (QED) is 0.763. The van der Waals surface area contributed by atoms with Gasteiger partial charge in [-0.2, -0.15) is 5.10 Å². The van der Waals surface area contributed by atoms with E-state index in [0.717, 1.165) is 42.7 Å². The first-order valence-electron chi connectivity index (χ1n) is 8.59. The molecule has 1 aliphatic rings. The van der Waals surface area contributed by atoms with Gasteiger partial charge in [-0.3, -0.25) is 9.48 Å². The van der Waals surface area contributed by atoms with Gasteiger partial charge in [0.25, 0.3) is 5.91 Å². The van der Waals surface area contributed by atoms with Gasteiger partial charge >= 0.3 is 0 Å². The van der Waals surface area contributed by atoms with Crippen molar-refractivity contribution in [2.45, 2.75) is 19.4 Å². The smallest absolute Gasteiger partial charge is 0.289 e. The predicted molar refractivity (Wildman–Crippen MR) is 100 cm³/mol. The van der Waals surface area contributed by atoms with Crippen molar-refractivity contribution in [1.82, 2.24) is 25.1 Å². The summed E-state index contributed by atoms with van der Waals surface area (Å²) in [7, 11) is 1.84. The first kappa shape index (κ1) is 16.8. The maximum absolute atomic E-state index is 12.6. The first-order valence-corrected chi connectivity index (χ1v) is 8.97. The molecule has 1 amide bonds. The van der Waals surface area contributed by atoms with Crippen molar-refractivity contribution in [3.05, 3.63) is 46.9 Å². The average Bonchev–Trinajstić information content (AvgIpc) is 3.28. The van der Waals surface area contributed by atoms with Crippen molar-refractivity contribution in [2.24, 2.45) is 7.05 Å². The highest BCUT2D eigenvalue weighted by atomic mass is 35.5. The summed E-state index contributed by atoms with van der Waals surface area (Å²) in [4.78, 5) is 23.7. The predicted octanol–water partition coefficient (Wildman–Crippen LogP) is 2.55. The van der Waals surface area contributed by atoms with Crippen molar-refractivity contribution in [1.29, 1.82) is 0 Å². The molecule has 0 atom stereocenters. The number of benzene rings is 1. The minimum Gasteiger partial charge on any atom is -0.356 e. The van der Waals surface area contributed by atoms with Gasteiger partial charge in [0, 0.05) is 37.9 Å². The minimum atomic E-state index is -0.312. The molecule has 7 nitrogen and oxygen atoms in total. The maximum Gasteiger partial charge on any atom is 0.289 e. The SMILES string of the molecule is Cn1cc2c(N3CCCC3)nc(C(=O)NCc3ccc(Cl)cc3)nc2n1. The molecule has 1 N–H and O–H groups in total. The lowest BCUT2D eigenvalue weighted by Crippen LogP contribution is -2.27. The Hall–Kier alpha value is -2.67. The Morgan fingerprint density at radius 1 is 1.19 bits per heavy atom. The summed E-state index contributed by atoms with van der Waals surface area (Å²) in [5.41, 5.74) is 1.50. The fourth-order valence-corrected chi connectivity index (χ4v) is 3.26. The second kappa shape index (κ2) is 6.92. The molecule has 3 heterocycles. The lowest BCUT2D eigenvalue weighted by atomic mass is 10.2. The molecule has 0 aliphatic carbocycles. The van der Waals surface area contributed by atoms with Crippen LogP contribution in [0.15, 0.2) is 30.5 Å². The van der Waals surface area contributed by atoms with E-state index >= 15 is 0 Å². The third-order valence-corrected chi connectivity index (χ3v) is 4.70. The second-order valence-electron chi connectivity index (χ2n) is 6.41. The van der Waals surface area contributed by atoms with E-state index in [9.17, 15) is 4.79 Å². The van der Waals surface area contributed by atoms with E-state index in [2.05, 4.69) is 25.3 Å². The van der Waals surface area contributed by atoms with E-state index in [1.807, 2.05) is 25.4 Å². The summed E-state index contributed by atoms with van der Waals surface area (Å²) in [6, 6.07) is 7.35. The van der Waals surface area contributed by atoms with Crippen LogP contribution in [0.1, 0.15) is 29.0 Å². The third kappa shape index (κ3) is 3.35. The molecule has 0 saturated carbocycles. The van der Waals surface area contributed by atoms with Gasteiger partial charge < -0.3 is 10.2 Å². The van der Waals surface area contributed by atoms with Crippen LogP contribution in [0.25, 0.3) is 11.0 Å². The minimum absolute atomic E-state index is 0.145. The number of nitrogens with one attached hydrogen (secondary N) is 1. The lowest BCUT2D eigenvalue weighted by molar-refractivity contribution is 0.0941. The summed E-state index contributed by atoms with van der Waals surface area (Å²) in [5.74, 6) is 0.622. The van der Waals surface area contributed by atoms with Gasteiger partial charge in [-0.15, -0.1) is 0 Å². The largest absolute Gasteiger partial charge is 0.356 e. The van der Waals surface area contributed by atoms with Crippen LogP contribution < -0.4 is 10.2 Å². The first-order chi connectivity index (χ1) is 12.6. The zero-order chi connectivity index (χ0) is 18.1. The molecule has 2 aromatic heterocycles. The number of fused-ring (bicyclic) bond motifs is 1. The Morgan fingerprint density at radius 3 is 2.65 bits per heavy atom. The van der Waals surface area contributed by atoms with Crippen LogP contribution in [-0.2, 0) is 13.6 Å². The van der Waals surface area contributed by atoms with Gasteiger partial charge in [0.1, 0.15) is 5.82 Å². The van der Waals surface area contributed by atoms with E-state index in [-0.39, 0.29) is 11.7 Å². The highest BCUT2D eigenvalue weighted by Crippen LogP contribution is 2.26. The number of aromatic nitrogens is 4. The number of halogens is 1. The van der Waals surface area contributed by atoms with Crippen LogP contribution in [0.4, 0.5) is 5.82 Å². The zero-order valence-corrected chi connectivity index (χ0v) is 15.2. The fourth-order valence-electron chi connectivity index (χ4n) is 3.14. The van der Waals surface area contributed by atoms with Gasteiger partial charge in [0.2, 0.25) is 5.82 Å². The van der Waals surface area contributed by atoms with Gasteiger partial charge in [-0.25, -0.2) is 9.97 Å². The van der Waals surface area contributed by atoms with E-state index < -0.39 is 0 Å². The molecule has 26 heavy (non-hydrogen) atoms. The number of carbonyl (C=O) groups excluding carboxylic acids is 1. The number of carbonyl (C=O) groups is 1. The molecule has 1 saturated heterocycles. The van der Waals surface area contributed by atoms with Crippen LogP contribution in [0.3, 0.4) is 0 Å². The number of nitrogens with zero attached hydrogens (tertiary/aromatic N) is 5. The third-order valence-electron chi connectivity index (χ3n) is 4.45. The van der Waals surface area contributed by atoms with Crippen LogP contribution in [-0.4, -0.2) is 38.7 Å². The van der Waals surface area contributed by atoms with Crippen molar-refractivity contribution >= 4 is 34.4 Å². The standard InChI is InChI=1S/C18H19ClN6O/c1-24-11-14-15(23-24)21-16(22-17(14)25-8-2-3-9-25)18(26)20-10-12-4-6-13(19)7-5-12/h4-7,11H,2-3,8-10H2,1H3,(H,20,26). The molecule has 0 unspecified atom stereocenters. The monoisotopic (exact) mass is 370 g/mol. The normalized spacial score (nSPS) is 14.2. The number of aryl methyl sites for hydroxylation is 1. The number of hydrogen-bond acceptors (Lipinski definition) is 5. The molecule has 8 heteroatoms. The topological polar surface area (TPSA) is 75.9 Å². The molecule has 134 valence electrons. The van der Waals surface area contributed by atoms with E-state index in [4.69, 9.17) is 11.6 Å². The number of hydrogen-bond donors (Lipinski definition) is 1. The van der Waals surface area contributed by atoms with Crippen molar-refractivity contribution in [3.63, 3.8) is 0 Å². The summed E-state index contributed by atoms with van der Waals surface area (Å²) < 4.78 is 1.70. The Labute approximate surface area is 156 Å². The highest BCUT2D eigenvalue weighted by molar-refractivity contribution is 6.30. The molecule has 1 aliphatic heterocycles. The highest BCUT2D eigenvalue weighted by Gasteiger charge is 2.22. The molecule has 0 radical (unpaired) electrons. The average molecular weight is 371 g/mol. The lowest BCUT2D eigenvalue weighted by Gasteiger charge is -2.17. The summed E-state index contributed by atoms with van der Waals surface area (Å²) in [5, 5.41) is 8.77. The van der Waals surface area contributed by atoms with Gasteiger partial charge in [-0.05, 0) is 30.5 Å². The molecule has 1 fully saturated rings. The van der Waals surface area contributed by atoms with E-state index in [1.54, 1.807) is 16.8 Å². The summed E-state index contributed by atoms with van der Waals surface area (Å²) >= 11 is 5.89. The Kier molecular flexibility index (Phi) is 4.46. The molecular formula is C18H19ClN6O. The Bertz CT molecular complexity index is 946. The molecule has 0 spiro atoms. The van der Waals surface area contributed by atoms with Crippen LogP contribution in [0.5, 0.6) is 0 Å². The van der Waals surface area contributed by atoms with Crippen LogP contribution in [0.2, 0.25) is 5.02 Å². The molecule has 4 rings (SSSR count).